The maximum Gasteiger partial charge on any atom is 0.0378 e. The Morgan fingerprint density at radius 3 is 2.85 bits per heavy atom. The van der Waals surface area contributed by atoms with Crippen molar-refractivity contribution in [2.75, 3.05) is 31.1 Å². The summed E-state index contributed by atoms with van der Waals surface area (Å²) in [5, 5.41) is 3.34. The third-order valence-electron chi connectivity index (χ3n) is 2.23. The van der Waals surface area contributed by atoms with Crippen LogP contribution in [0.5, 0.6) is 0 Å². The van der Waals surface area contributed by atoms with Gasteiger partial charge in [0.15, 0.2) is 0 Å². The molecule has 0 bridgehead atoms. The van der Waals surface area contributed by atoms with Gasteiger partial charge in [-0.1, -0.05) is 22.0 Å². The van der Waals surface area contributed by atoms with Crippen molar-refractivity contribution < 1.29 is 0 Å². The zero-order valence-electron chi connectivity index (χ0n) is 7.39. The lowest BCUT2D eigenvalue weighted by Gasteiger charge is -2.29. The van der Waals surface area contributed by atoms with E-state index in [4.69, 9.17) is 0 Å². The molecule has 2 nitrogen and oxygen atoms in total. The first kappa shape index (κ1) is 9.03. The van der Waals surface area contributed by atoms with Crippen LogP contribution >= 0.6 is 15.9 Å². The molecule has 0 aliphatic carbocycles. The number of hydrogen-bond acceptors (Lipinski definition) is 2. The molecule has 1 aromatic rings. The fourth-order valence-electron chi connectivity index (χ4n) is 1.55. The summed E-state index contributed by atoms with van der Waals surface area (Å²) in [6, 6.07) is 9.27. The Balaban J connectivity index is 2.14. The average Bonchev–Trinajstić information content (AvgIpc) is 2.19. The first-order valence-electron chi connectivity index (χ1n) is 4.49. The molecule has 0 unspecified atom stereocenters. The van der Waals surface area contributed by atoms with Gasteiger partial charge in [0.05, 0.1) is 0 Å². The van der Waals surface area contributed by atoms with E-state index < -0.39 is 0 Å². The van der Waals surface area contributed by atoms with Crippen LogP contribution in [0.2, 0.25) is 0 Å². The Labute approximate surface area is 87.1 Å². The molecule has 1 saturated heterocycles. The second-order valence-electron chi connectivity index (χ2n) is 3.13. The van der Waals surface area contributed by atoms with Crippen molar-refractivity contribution in [1.82, 2.24) is 5.32 Å². The summed E-state index contributed by atoms with van der Waals surface area (Å²) in [7, 11) is 0. The lowest BCUT2D eigenvalue weighted by atomic mass is 10.2. The molecule has 0 aromatic heterocycles. The van der Waals surface area contributed by atoms with Gasteiger partial charge >= 0.3 is 0 Å². The van der Waals surface area contributed by atoms with Gasteiger partial charge < -0.3 is 10.2 Å². The maximum absolute atomic E-state index is 3.43. The Morgan fingerprint density at radius 2 is 2.15 bits per heavy atom. The SMILES string of the molecule is Brc1[c]ccc(N2CCNCC2)c1. The third kappa shape index (κ3) is 2.23. The number of benzene rings is 1. The van der Waals surface area contributed by atoms with Gasteiger partial charge in [-0.25, -0.2) is 0 Å². The normalized spacial score (nSPS) is 17.5. The number of rotatable bonds is 1. The number of hydrogen-bond donors (Lipinski definition) is 1. The van der Waals surface area contributed by atoms with Gasteiger partial charge in [-0.3, -0.25) is 0 Å². The van der Waals surface area contributed by atoms with Crippen LogP contribution in [0.1, 0.15) is 0 Å². The van der Waals surface area contributed by atoms with E-state index >= 15 is 0 Å². The lowest BCUT2D eigenvalue weighted by Crippen LogP contribution is -2.43. The number of anilines is 1. The van der Waals surface area contributed by atoms with Crippen molar-refractivity contribution in [2.45, 2.75) is 0 Å². The molecular weight excluding hydrogens is 228 g/mol. The molecule has 0 spiro atoms. The van der Waals surface area contributed by atoms with Crippen LogP contribution in [0, 0.1) is 6.07 Å². The van der Waals surface area contributed by atoms with Crippen LogP contribution in [-0.4, -0.2) is 26.2 Å². The van der Waals surface area contributed by atoms with Gasteiger partial charge in [-0.2, -0.15) is 0 Å². The quantitative estimate of drug-likeness (QED) is 0.803. The number of halogens is 1. The van der Waals surface area contributed by atoms with Crippen molar-refractivity contribution in [1.29, 1.82) is 0 Å². The number of piperazine rings is 1. The highest BCUT2D eigenvalue weighted by atomic mass is 79.9. The zero-order chi connectivity index (χ0) is 9.10. The van der Waals surface area contributed by atoms with Gasteiger partial charge in [0, 0.05) is 36.3 Å². The first-order valence-corrected chi connectivity index (χ1v) is 5.28. The molecule has 0 amide bonds. The summed E-state index contributed by atoms with van der Waals surface area (Å²) in [5.41, 5.74) is 1.28. The van der Waals surface area contributed by atoms with Crippen molar-refractivity contribution in [2.24, 2.45) is 0 Å². The molecule has 0 atom stereocenters. The van der Waals surface area contributed by atoms with Crippen molar-refractivity contribution in [3.05, 3.63) is 28.7 Å². The molecule has 69 valence electrons. The Kier molecular flexibility index (Phi) is 2.86. The summed E-state index contributed by atoms with van der Waals surface area (Å²) in [6.45, 7) is 4.35. The largest absolute Gasteiger partial charge is 0.369 e. The molecule has 1 N–H and O–H groups in total. The second kappa shape index (κ2) is 4.11. The molecule has 2 rings (SSSR count). The monoisotopic (exact) mass is 239 g/mol. The highest BCUT2D eigenvalue weighted by molar-refractivity contribution is 9.10. The molecule has 3 heteroatoms. The van der Waals surface area contributed by atoms with Gasteiger partial charge in [-0.05, 0) is 18.2 Å². The Bertz CT molecular complexity index is 282. The average molecular weight is 240 g/mol. The fourth-order valence-corrected chi connectivity index (χ4v) is 1.91. The maximum atomic E-state index is 3.43. The summed E-state index contributed by atoms with van der Waals surface area (Å²) in [4.78, 5) is 2.38. The first-order chi connectivity index (χ1) is 6.36. The standard InChI is InChI=1S/C10H12BrN2/c11-9-2-1-3-10(8-9)13-6-4-12-5-7-13/h1,3,8,12H,4-7H2. The minimum Gasteiger partial charge on any atom is -0.369 e. The smallest absolute Gasteiger partial charge is 0.0378 e. The van der Waals surface area contributed by atoms with Gasteiger partial charge in [0.1, 0.15) is 0 Å². The lowest BCUT2D eigenvalue weighted by molar-refractivity contribution is 0.589. The van der Waals surface area contributed by atoms with Gasteiger partial charge in [0.25, 0.3) is 0 Å². The van der Waals surface area contributed by atoms with E-state index in [0.29, 0.717) is 0 Å². The number of nitrogens with zero attached hydrogens (tertiary/aromatic N) is 1. The van der Waals surface area contributed by atoms with Crippen LogP contribution in [0.4, 0.5) is 5.69 Å². The molecule has 1 aliphatic rings. The summed E-state index contributed by atoms with van der Waals surface area (Å²) in [5.74, 6) is 0. The summed E-state index contributed by atoms with van der Waals surface area (Å²) < 4.78 is 1.03. The third-order valence-corrected chi connectivity index (χ3v) is 2.69. The molecule has 1 heterocycles. The minimum absolute atomic E-state index is 1.03. The van der Waals surface area contributed by atoms with E-state index in [1.165, 1.54) is 5.69 Å². The fraction of sp³-hybridized carbons (Fsp3) is 0.400. The predicted molar refractivity (Wildman–Crippen MR) is 58.1 cm³/mol. The van der Waals surface area contributed by atoms with E-state index in [2.05, 4.69) is 44.3 Å². The molecule has 1 aromatic carbocycles. The van der Waals surface area contributed by atoms with E-state index in [1.807, 2.05) is 6.07 Å². The second-order valence-corrected chi connectivity index (χ2v) is 3.99. The van der Waals surface area contributed by atoms with E-state index in [9.17, 15) is 0 Å². The minimum atomic E-state index is 1.03. The molecular formula is C10H12BrN2. The van der Waals surface area contributed by atoms with Crippen LogP contribution in [-0.2, 0) is 0 Å². The van der Waals surface area contributed by atoms with Crippen LogP contribution in [0.25, 0.3) is 0 Å². The van der Waals surface area contributed by atoms with Crippen molar-refractivity contribution >= 4 is 21.6 Å². The van der Waals surface area contributed by atoms with E-state index in [1.54, 1.807) is 0 Å². The molecule has 1 radical (unpaired) electrons. The zero-order valence-corrected chi connectivity index (χ0v) is 8.97. The summed E-state index contributed by atoms with van der Waals surface area (Å²) >= 11 is 3.43. The Morgan fingerprint density at radius 1 is 1.38 bits per heavy atom. The predicted octanol–water partition coefficient (Wildman–Crippen LogP) is 1.66. The topological polar surface area (TPSA) is 15.3 Å². The Hall–Kier alpha value is -0.540. The molecule has 0 saturated carbocycles. The highest BCUT2D eigenvalue weighted by Gasteiger charge is 2.09. The molecule has 13 heavy (non-hydrogen) atoms. The van der Waals surface area contributed by atoms with Crippen LogP contribution in [0.15, 0.2) is 22.7 Å². The summed E-state index contributed by atoms with van der Waals surface area (Å²) in [6.07, 6.45) is 0. The highest BCUT2D eigenvalue weighted by Crippen LogP contribution is 2.19. The van der Waals surface area contributed by atoms with Gasteiger partial charge in [0.2, 0.25) is 0 Å². The molecule has 1 aliphatic heterocycles. The van der Waals surface area contributed by atoms with Crippen LogP contribution < -0.4 is 10.2 Å². The number of nitrogens with one attached hydrogen (secondary N) is 1. The van der Waals surface area contributed by atoms with Gasteiger partial charge in [-0.15, -0.1) is 0 Å². The van der Waals surface area contributed by atoms with E-state index in [0.717, 1.165) is 30.7 Å². The molecule has 1 fully saturated rings. The van der Waals surface area contributed by atoms with Crippen molar-refractivity contribution in [3.63, 3.8) is 0 Å². The van der Waals surface area contributed by atoms with Crippen LogP contribution in [0.3, 0.4) is 0 Å². The van der Waals surface area contributed by atoms with E-state index in [-0.39, 0.29) is 0 Å². The van der Waals surface area contributed by atoms with Crippen molar-refractivity contribution in [3.8, 4) is 0 Å².